The van der Waals surface area contributed by atoms with Crippen molar-refractivity contribution >= 4 is 40.5 Å². The molecule has 8 nitrogen and oxygen atoms in total. The quantitative estimate of drug-likeness (QED) is 0.301. The van der Waals surface area contributed by atoms with Crippen LogP contribution in [0.3, 0.4) is 0 Å². The van der Waals surface area contributed by atoms with Crippen LogP contribution in [-0.2, 0) is 17.6 Å². The van der Waals surface area contributed by atoms with Crippen molar-refractivity contribution in [3.8, 4) is 17.2 Å². The van der Waals surface area contributed by atoms with Gasteiger partial charge in [0.1, 0.15) is 5.75 Å². The number of carbonyl (C=O) groups is 1. The molecule has 10 heteroatoms. The van der Waals surface area contributed by atoms with E-state index in [9.17, 15) is 9.59 Å². The highest BCUT2D eigenvalue weighted by molar-refractivity contribution is 6.42. The van der Waals surface area contributed by atoms with Gasteiger partial charge in [-0.1, -0.05) is 35.3 Å². The summed E-state index contributed by atoms with van der Waals surface area (Å²) in [6.07, 6.45) is 4.66. The summed E-state index contributed by atoms with van der Waals surface area (Å²) in [5.74, 6) is 0.780. The van der Waals surface area contributed by atoms with Crippen LogP contribution in [-0.4, -0.2) is 46.9 Å². The van der Waals surface area contributed by atoms with E-state index in [1.165, 1.54) is 22.0 Å². The van der Waals surface area contributed by atoms with Gasteiger partial charge in [0, 0.05) is 24.3 Å². The van der Waals surface area contributed by atoms with E-state index in [4.69, 9.17) is 32.7 Å². The molecule has 204 valence electrons. The van der Waals surface area contributed by atoms with Gasteiger partial charge in [-0.2, -0.15) is 9.78 Å². The van der Waals surface area contributed by atoms with Gasteiger partial charge in [-0.25, -0.2) is 0 Å². The number of aromatic nitrogens is 2. The molecule has 1 amide bonds. The maximum atomic E-state index is 13.8. The molecule has 6 rings (SSSR count). The number of carbonyl (C=O) groups excluding carboxylic acids is 1. The van der Waals surface area contributed by atoms with E-state index < -0.39 is 5.56 Å². The first-order valence-corrected chi connectivity index (χ1v) is 13.8. The molecule has 2 aliphatic rings. The first kappa shape index (κ1) is 26.4. The van der Waals surface area contributed by atoms with Crippen LogP contribution in [0.1, 0.15) is 27.9 Å². The van der Waals surface area contributed by atoms with E-state index in [1.54, 1.807) is 47.4 Å². The Hall–Kier alpha value is -3.85. The number of nitrogens with zero attached hydrogens (tertiary/aromatic N) is 3. The number of amides is 1. The summed E-state index contributed by atoms with van der Waals surface area (Å²) in [5, 5.41) is 8.23. The molecule has 1 N–H and O–H groups in total. The van der Waals surface area contributed by atoms with Crippen LogP contribution in [0.2, 0.25) is 10.0 Å². The van der Waals surface area contributed by atoms with E-state index in [-0.39, 0.29) is 17.3 Å². The SMILES string of the molecule is O=C(c1cccc(Nc2c(Oc3ccc4c(c3)CCC4)cnn(-c3ccc(Cl)c(Cl)c3)c2=O)c1)N1CCOCC1. The molecule has 1 aromatic heterocycles. The Morgan fingerprint density at radius 3 is 2.60 bits per heavy atom. The van der Waals surface area contributed by atoms with Crippen molar-refractivity contribution in [1.82, 2.24) is 14.7 Å². The summed E-state index contributed by atoms with van der Waals surface area (Å²) < 4.78 is 12.8. The lowest BCUT2D eigenvalue weighted by atomic mass is 10.1. The van der Waals surface area contributed by atoms with Gasteiger partial charge in [0.25, 0.3) is 11.5 Å². The average molecular weight is 577 g/mol. The minimum Gasteiger partial charge on any atom is -0.453 e. The van der Waals surface area contributed by atoms with Gasteiger partial charge < -0.3 is 19.7 Å². The molecule has 4 aromatic rings. The molecule has 0 atom stereocenters. The zero-order valence-corrected chi connectivity index (χ0v) is 23.0. The smallest absolute Gasteiger partial charge is 0.299 e. The topological polar surface area (TPSA) is 85.7 Å². The second-order valence-corrected chi connectivity index (χ2v) is 10.5. The first-order valence-electron chi connectivity index (χ1n) is 13.1. The Kier molecular flexibility index (Phi) is 7.47. The molecular weight excluding hydrogens is 551 g/mol. The molecular formula is C30H26Cl2N4O4. The highest BCUT2D eigenvalue weighted by Gasteiger charge is 2.21. The molecule has 0 radical (unpaired) electrons. The molecule has 1 aliphatic heterocycles. The van der Waals surface area contributed by atoms with E-state index in [2.05, 4.69) is 16.5 Å². The first-order chi connectivity index (χ1) is 19.5. The van der Waals surface area contributed by atoms with Gasteiger partial charge in [0.2, 0.25) is 0 Å². The lowest BCUT2D eigenvalue weighted by molar-refractivity contribution is 0.0303. The van der Waals surface area contributed by atoms with Gasteiger partial charge in [-0.15, -0.1) is 0 Å². The number of hydrogen-bond acceptors (Lipinski definition) is 6. The molecule has 1 saturated heterocycles. The van der Waals surface area contributed by atoms with Crippen LogP contribution in [0.15, 0.2) is 71.7 Å². The third-order valence-corrected chi connectivity index (χ3v) is 7.80. The van der Waals surface area contributed by atoms with E-state index in [0.29, 0.717) is 59.0 Å². The molecule has 0 saturated carbocycles. The van der Waals surface area contributed by atoms with Crippen LogP contribution in [0, 0.1) is 0 Å². The number of benzene rings is 3. The fourth-order valence-corrected chi connectivity index (χ4v) is 5.29. The van der Waals surface area contributed by atoms with Crippen molar-refractivity contribution < 1.29 is 14.3 Å². The largest absolute Gasteiger partial charge is 0.453 e. The van der Waals surface area contributed by atoms with Crippen molar-refractivity contribution in [3.63, 3.8) is 0 Å². The Balaban J connectivity index is 1.38. The van der Waals surface area contributed by atoms with Gasteiger partial charge in [0.15, 0.2) is 11.4 Å². The summed E-state index contributed by atoms with van der Waals surface area (Å²) in [6, 6.07) is 17.9. The Labute approximate surface area is 241 Å². The molecule has 40 heavy (non-hydrogen) atoms. The van der Waals surface area contributed by atoms with Crippen LogP contribution in [0.5, 0.6) is 11.5 Å². The number of rotatable bonds is 6. The van der Waals surface area contributed by atoms with Gasteiger partial charge in [0.05, 0.1) is 35.1 Å². The lowest BCUT2D eigenvalue weighted by Crippen LogP contribution is -2.40. The van der Waals surface area contributed by atoms with Crippen LogP contribution in [0.25, 0.3) is 5.69 Å². The fraction of sp³-hybridized carbons (Fsp3) is 0.233. The Morgan fingerprint density at radius 1 is 0.950 bits per heavy atom. The maximum Gasteiger partial charge on any atom is 0.299 e. The van der Waals surface area contributed by atoms with E-state index in [0.717, 1.165) is 19.3 Å². The predicted octanol–water partition coefficient (Wildman–Crippen LogP) is 6.04. The standard InChI is InChI=1S/C30H26Cl2N4O4/c31-25-10-8-23(17-26(25)32)36-30(38)28(27(18-33-36)40-24-9-7-19-3-1-4-20(19)16-24)34-22-6-2-5-21(15-22)29(37)35-11-13-39-14-12-35/h2,5-10,15-18,34H,1,3-4,11-14H2. The summed E-state index contributed by atoms with van der Waals surface area (Å²) in [6.45, 7) is 2.10. The van der Waals surface area contributed by atoms with Crippen molar-refractivity contribution in [2.75, 3.05) is 31.6 Å². The number of hydrogen-bond donors (Lipinski definition) is 1. The van der Waals surface area contributed by atoms with Crippen LogP contribution < -0.4 is 15.6 Å². The number of fused-ring (bicyclic) bond motifs is 1. The fourth-order valence-electron chi connectivity index (χ4n) is 4.99. The average Bonchev–Trinajstić information content (AvgIpc) is 3.45. The highest BCUT2D eigenvalue weighted by atomic mass is 35.5. The van der Waals surface area contributed by atoms with Gasteiger partial charge in [-0.05, 0) is 78.9 Å². The Morgan fingerprint density at radius 2 is 1.77 bits per heavy atom. The zero-order valence-electron chi connectivity index (χ0n) is 21.5. The van der Waals surface area contributed by atoms with E-state index in [1.807, 2.05) is 12.1 Å². The summed E-state index contributed by atoms with van der Waals surface area (Å²) >= 11 is 12.3. The van der Waals surface area contributed by atoms with E-state index >= 15 is 0 Å². The normalized spacial score (nSPS) is 14.6. The van der Waals surface area contributed by atoms with Gasteiger partial charge >= 0.3 is 0 Å². The summed E-state index contributed by atoms with van der Waals surface area (Å²) in [7, 11) is 0. The molecule has 2 heterocycles. The molecule has 1 fully saturated rings. The molecule has 0 spiro atoms. The molecule has 0 bridgehead atoms. The zero-order chi connectivity index (χ0) is 27.6. The molecule has 3 aromatic carbocycles. The van der Waals surface area contributed by atoms with Crippen molar-refractivity contribution in [1.29, 1.82) is 0 Å². The predicted molar refractivity (Wildman–Crippen MR) is 155 cm³/mol. The highest BCUT2D eigenvalue weighted by Crippen LogP contribution is 2.33. The van der Waals surface area contributed by atoms with Gasteiger partial charge in [-0.3, -0.25) is 9.59 Å². The number of anilines is 2. The minimum atomic E-state index is -0.457. The number of morpholine rings is 1. The number of halogens is 2. The third kappa shape index (κ3) is 5.43. The summed E-state index contributed by atoms with van der Waals surface area (Å²) in [5.41, 5.74) is 3.79. The van der Waals surface area contributed by atoms with Crippen molar-refractivity contribution in [3.05, 3.63) is 104 Å². The second kappa shape index (κ2) is 11.3. The third-order valence-electron chi connectivity index (χ3n) is 7.07. The maximum absolute atomic E-state index is 13.8. The van der Waals surface area contributed by atoms with Crippen molar-refractivity contribution in [2.45, 2.75) is 19.3 Å². The number of ether oxygens (including phenoxy) is 2. The lowest BCUT2D eigenvalue weighted by Gasteiger charge is -2.27. The number of aryl methyl sites for hydroxylation is 2. The number of nitrogens with one attached hydrogen (secondary N) is 1. The van der Waals surface area contributed by atoms with Crippen LogP contribution in [0.4, 0.5) is 11.4 Å². The monoisotopic (exact) mass is 576 g/mol. The van der Waals surface area contributed by atoms with Crippen molar-refractivity contribution in [2.24, 2.45) is 0 Å². The molecule has 0 unspecified atom stereocenters. The summed E-state index contributed by atoms with van der Waals surface area (Å²) in [4.78, 5) is 28.7. The molecule has 1 aliphatic carbocycles. The minimum absolute atomic E-state index is 0.0930. The Bertz CT molecular complexity index is 1650. The second-order valence-electron chi connectivity index (χ2n) is 9.70. The van der Waals surface area contributed by atoms with Crippen LogP contribution >= 0.6 is 23.2 Å².